The second-order valence-corrected chi connectivity index (χ2v) is 3.79. The summed E-state index contributed by atoms with van der Waals surface area (Å²) in [5.41, 5.74) is 2.23. The van der Waals surface area contributed by atoms with Gasteiger partial charge >= 0.3 is 0 Å². The molecule has 1 amide bonds. The minimum atomic E-state index is 0.103. The second kappa shape index (κ2) is 6.95. The molecule has 1 heterocycles. The maximum absolute atomic E-state index is 11.4. The molecule has 0 aromatic carbocycles. The topological polar surface area (TPSA) is 54.0 Å². The van der Waals surface area contributed by atoms with E-state index in [0.717, 1.165) is 24.1 Å². The van der Waals surface area contributed by atoms with E-state index in [1.165, 1.54) is 0 Å². The van der Waals surface area contributed by atoms with Crippen molar-refractivity contribution in [1.29, 1.82) is 0 Å². The molecule has 0 fully saturated rings. The Bertz CT molecular complexity index is 339. The molecule has 0 aliphatic carbocycles. The lowest BCUT2D eigenvalue weighted by molar-refractivity contribution is -0.121. The zero-order chi connectivity index (χ0) is 11.8. The van der Waals surface area contributed by atoms with Crippen molar-refractivity contribution >= 4 is 5.91 Å². The molecule has 0 unspecified atom stereocenters. The predicted octanol–water partition coefficient (Wildman–Crippen LogP) is 1.01. The van der Waals surface area contributed by atoms with Gasteiger partial charge in [0, 0.05) is 25.4 Å². The molecule has 1 aromatic rings. The van der Waals surface area contributed by atoms with Crippen LogP contribution in [0.2, 0.25) is 0 Å². The van der Waals surface area contributed by atoms with Crippen molar-refractivity contribution in [3.63, 3.8) is 0 Å². The highest BCUT2D eigenvalue weighted by Crippen LogP contribution is 2.04. The van der Waals surface area contributed by atoms with E-state index in [9.17, 15) is 4.79 Å². The minimum Gasteiger partial charge on any atom is -0.352 e. The van der Waals surface area contributed by atoms with E-state index in [0.29, 0.717) is 13.0 Å². The van der Waals surface area contributed by atoms with E-state index < -0.39 is 0 Å². The molecular weight excluding hydrogens is 202 g/mol. The Balaban J connectivity index is 2.29. The molecule has 1 rings (SSSR count). The summed E-state index contributed by atoms with van der Waals surface area (Å²) in [6.45, 7) is 3.46. The van der Waals surface area contributed by atoms with E-state index in [-0.39, 0.29) is 5.91 Å². The van der Waals surface area contributed by atoms with Crippen molar-refractivity contribution in [3.05, 3.63) is 29.6 Å². The number of rotatable bonds is 6. The van der Waals surface area contributed by atoms with E-state index in [1.807, 2.05) is 26.2 Å². The number of amides is 1. The first-order valence-corrected chi connectivity index (χ1v) is 5.55. The van der Waals surface area contributed by atoms with Crippen LogP contribution >= 0.6 is 0 Å². The van der Waals surface area contributed by atoms with Crippen molar-refractivity contribution in [2.24, 2.45) is 0 Å². The Morgan fingerprint density at radius 3 is 3.00 bits per heavy atom. The summed E-state index contributed by atoms with van der Waals surface area (Å²) in [5.74, 6) is 0.103. The fourth-order valence-electron chi connectivity index (χ4n) is 1.41. The summed E-state index contributed by atoms with van der Waals surface area (Å²) in [5, 5.41) is 5.92. The maximum Gasteiger partial charge on any atom is 0.220 e. The molecule has 4 heteroatoms. The Morgan fingerprint density at radius 2 is 2.31 bits per heavy atom. The number of carbonyl (C=O) groups is 1. The lowest BCUT2D eigenvalue weighted by Crippen LogP contribution is -2.24. The van der Waals surface area contributed by atoms with Gasteiger partial charge < -0.3 is 10.6 Å². The fraction of sp³-hybridized carbons (Fsp3) is 0.500. The summed E-state index contributed by atoms with van der Waals surface area (Å²) < 4.78 is 0. The first-order valence-electron chi connectivity index (χ1n) is 5.55. The summed E-state index contributed by atoms with van der Waals surface area (Å²) in [6, 6.07) is 1.93. The molecule has 2 N–H and O–H groups in total. The van der Waals surface area contributed by atoms with Crippen LogP contribution in [0.15, 0.2) is 18.5 Å². The van der Waals surface area contributed by atoms with Crippen LogP contribution in [0.25, 0.3) is 0 Å². The van der Waals surface area contributed by atoms with Gasteiger partial charge in [-0.1, -0.05) is 0 Å². The second-order valence-electron chi connectivity index (χ2n) is 3.79. The minimum absolute atomic E-state index is 0.103. The van der Waals surface area contributed by atoms with Gasteiger partial charge in [0.05, 0.1) is 0 Å². The quantitative estimate of drug-likeness (QED) is 0.705. The average Bonchev–Trinajstić information content (AvgIpc) is 2.28. The van der Waals surface area contributed by atoms with Crippen LogP contribution in [0.3, 0.4) is 0 Å². The van der Waals surface area contributed by atoms with Gasteiger partial charge in [0.25, 0.3) is 0 Å². The number of nitrogens with one attached hydrogen (secondary N) is 2. The first-order chi connectivity index (χ1) is 7.74. The van der Waals surface area contributed by atoms with Crippen LogP contribution < -0.4 is 10.6 Å². The number of hydrogen-bond donors (Lipinski definition) is 2. The molecule has 0 radical (unpaired) electrons. The van der Waals surface area contributed by atoms with Crippen LogP contribution in [0.4, 0.5) is 0 Å². The average molecular weight is 221 g/mol. The first kappa shape index (κ1) is 12.6. The largest absolute Gasteiger partial charge is 0.352 e. The monoisotopic (exact) mass is 221 g/mol. The molecule has 88 valence electrons. The number of aryl methyl sites for hydroxylation is 1. The smallest absolute Gasteiger partial charge is 0.220 e. The number of carbonyl (C=O) groups excluding carboxylic acids is 1. The van der Waals surface area contributed by atoms with Crippen LogP contribution in [-0.2, 0) is 11.3 Å². The van der Waals surface area contributed by atoms with Gasteiger partial charge in [-0.05, 0) is 44.1 Å². The lowest BCUT2D eigenvalue weighted by atomic mass is 10.1. The van der Waals surface area contributed by atoms with E-state index in [4.69, 9.17) is 0 Å². The van der Waals surface area contributed by atoms with Crippen molar-refractivity contribution < 1.29 is 4.79 Å². The van der Waals surface area contributed by atoms with Gasteiger partial charge in [0.2, 0.25) is 5.91 Å². The van der Waals surface area contributed by atoms with Gasteiger partial charge in [-0.15, -0.1) is 0 Å². The van der Waals surface area contributed by atoms with Crippen molar-refractivity contribution in [3.8, 4) is 0 Å². The number of hydrogen-bond acceptors (Lipinski definition) is 3. The third-order valence-corrected chi connectivity index (χ3v) is 2.44. The molecular formula is C12H19N3O. The van der Waals surface area contributed by atoms with Crippen LogP contribution in [0.1, 0.15) is 24.0 Å². The third kappa shape index (κ3) is 4.40. The van der Waals surface area contributed by atoms with Gasteiger partial charge in [-0.2, -0.15) is 0 Å². The zero-order valence-electron chi connectivity index (χ0n) is 9.92. The third-order valence-electron chi connectivity index (χ3n) is 2.44. The predicted molar refractivity (Wildman–Crippen MR) is 64.0 cm³/mol. The molecule has 0 saturated carbocycles. The summed E-state index contributed by atoms with van der Waals surface area (Å²) in [6.07, 6.45) is 5.00. The standard InChI is InChI=1S/C12H19N3O/c1-10-8-14-7-5-11(10)9-15-12(16)4-3-6-13-2/h5,7-8,13H,3-4,6,9H2,1-2H3,(H,15,16). The van der Waals surface area contributed by atoms with Crippen molar-refractivity contribution in [1.82, 2.24) is 15.6 Å². The van der Waals surface area contributed by atoms with Gasteiger partial charge in [0.1, 0.15) is 0 Å². The highest BCUT2D eigenvalue weighted by molar-refractivity contribution is 5.75. The Labute approximate surface area is 96.5 Å². The molecule has 0 spiro atoms. The summed E-state index contributed by atoms with van der Waals surface area (Å²) >= 11 is 0. The van der Waals surface area contributed by atoms with Gasteiger partial charge in [-0.3, -0.25) is 9.78 Å². The number of aromatic nitrogens is 1. The van der Waals surface area contributed by atoms with Crippen molar-refractivity contribution in [2.75, 3.05) is 13.6 Å². The van der Waals surface area contributed by atoms with E-state index in [1.54, 1.807) is 6.20 Å². The van der Waals surface area contributed by atoms with Gasteiger partial charge in [0.15, 0.2) is 0 Å². The van der Waals surface area contributed by atoms with Crippen LogP contribution in [0.5, 0.6) is 0 Å². The molecule has 0 bridgehead atoms. The van der Waals surface area contributed by atoms with Crippen molar-refractivity contribution in [2.45, 2.75) is 26.3 Å². The Morgan fingerprint density at radius 1 is 1.50 bits per heavy atom. The number of nitrogens with zero attached hydrogens (tertiary/aromatic N) is 1. The highest BCUT2D eigenvalue weighted by atomic mass is 16.1. The Kier molecular flexibility index (Phi) is 5.50. The van der Waals surface area contributed by atoms with E-state index >= 15 is 0 Å². The normalized spacial score (nSPS) is 10.1. The zero-order valence-corrected chi connectivity index (χ0v) is 9.92. The Hall–Kier alpha value is -1.42. The lowest BCUT2D eigenvalue weighted by Gasteiger charge is -2.07. The number of pyridine rings is 1. The molecule has 16 heavy (non-hydrogen) atoms. The van der Waals surface area contributed by atoms with E-state index in [2.05, 4.69) is 15.6 Å². The summed E-state index contributed by atoms with van der Waals surface area (Å²) in [7, 11) is 1.89. The molecule has 0 atom stereocenters. The highest BCUT2D eigenvalue weighted by Gasteiger charge is 2.02. The molecule has 4 nitrogen and oxygen atoms in total. The molecule has 0 aliphatic rings. The van der Waals surface area contributed by atoms with Crippen LogP contribution in [0, 0.1) is 6.92 Å². The molecule has 1 aromatic heterocycles. The molecule has 0 saturated heterocycles. The maximum atomic E-state index is 11.4. The van der Waals surface area contributed by atoms with Gasteiger partial charge in [-0.25, -0.2) is 0 Å². The van der Waals surface area contributed by atoms with Crippen LogP contribution in [-0.4, -0.2) is 24.5 Å². The summed E-state index contributed by atoms with van der Waals surface area (Å²) in [4.78, 5) is 15.5. The SMILES string of the molecule is CNCCCC(=O)NCc1ccncc1C. The molecule has 0 aliphatic heterocycles. The fourth-order valence-corrected chi connectivity index (χ4v) is 1.41.